The number of ether oxygens (including phenoxy) is 1. The third-order valence-electron chi connectivity index (χ3n) is 3.45. The summed E-state index contributed by atoms with van der Waals surface area (Å²) in [7, 11) is 1.54. The van der Waals surface area contributed by atoms with Gasteiger partial charge >= 0.3 is 0 Å². The zero-order valence-corrected chi connectivity index (χ0v) is 15.3. The highest BCUT2D eigenvalue weighted by molar-refractivity contribution is 7.99. The lowest BCUT2D eigenvalue weighted by molar-refractivity contribution is 0.102. The van der Waals surface area contributed by atoms with Crippen LogP contribution in [0.2, 0.25) is 0 Å². The molecule has 0 bridgehead atoms. The summed E-state index contributed by atoms with van der Waals surface area (Å²) in [6, 6.07) is 6.52. The number of nitrogens with one attached hydrogen (secondary N) is 2. The molecular weight excluding hydrogens is 340 g/mol. The molecule has 0 spiro atoms. The van der Waals surface area contributed by atoms with E-state index in [9.17, 15) is 9.59 Å². The van der Waals surface area contributed by atoms with Crippen molar-refractivity contribution >= 4 is 29.2 Å². The van der Waals surface area contributed by atoms with Gasteiger partial charge in [-0.25, -0.2) is 4.98 Å². The molecule has 0 atom stereocenters. The smallest absolute Gasteiger partial charge is 0.277 e. The molecule has 0 aliphatic rings. The first-order valence-corrected chi connectivity index (χ1v) is 8.87. The number of H-pyrrole nitrogens is 1. The van der Waals surface area contributed by atoms with Crippen LogP contribution in [-0.4, -0.2) is 28.7 Å². The van der Waals surface area contributed by atoms with Gasteiger partial charge in [0.25, 0.3) is 11.5 Å². The highest BCUT2D eigenvalue weighted by Crippen LogP contribution is 2.19. The van der Waals surface area contributed by atoms with Crippen molar-refractivity contribution in [2.75, 3.05) is 23.9 Å². The SMILES string of the molecule is COc1ccc(C(=O)Nc2c(N)nc(SCCC(C)C)[nH]c2=O)cc1. The van der Waals surface area contributed by atoms with Crippen molar-refractivity contribution in [1.29, 1.82) is 0 Å². The van der Waals surface area contributed by atoms with Gasteiger partial charge in [0, 0.05) is 11.3 Å². The molecule has 1 heterocycles. The van der Waals surface area contributed by atoms with Crippen LogP contribution in [0.25, 0.3) is 0 Å². The molecule has 0 radical (unpaired) electrons. The van der Waals surface area contributed by atoms with E-state index in [4.69, 9.17) is 10.5 Å². The number of rotatable bonds is 7. The molecule has 2 rings (SSSR count). The van der Waals surface area contributed by atoms with Crippen molar-refractivity contribution < 1.29 is 9.53 Å². The molecule has 0 unspecified atom stereocenters. The molecule has 0 fully saturated rings. The van der Waals surface area contributed by atoms with Crippen LogP contribution in [0.4, 0.5) is 11.5 Å². The molecule has 8 heteroatoms. The lowest BCUT2D eigenvalue weighted by Crippen LogP contribution is -2.23. The Labute approximate surface area is 150 Å². The second-order valence-electron chi connectivity index (χ2n) is 5.84. The van der Waals surface area contributed by atoms with Gasteiger partial charge in [-0.1, -0.05) is 25.6 Å². The lowest BCUT2D eigenvalue weighted by Gasteiger charge is -2.09. The predicted molar refractivity (Wildman–Crippen MR) is 100 cm³/mol. The Morgan fingerprint density at radius 2 is 2.04 bits per heavy atom. The molecule has 134 valence electrons. The van der Waals surface area contributed by atoms with Gasteiger partial charge in [0.05, 0.1) is 7.11 Å². The highest BCUT2D eigenvalue weighted by Gasteiger charge is 2.14. The number of amides is 1. The number of nitrogen functional groups attached to an aromatic ring is 1. The quantitative estimate of drug-likeness (QED) is 0.516. The van der Waals surface area contributed by atoms with E-state index in [0.29, 0.717) is 22.4 Å². The van der Waals surface area contributed by atoms with E-state index in [1.807, 2.05) is 0 Å². The number of nitrogens with two attached hydrogens (primary N) is 1. The van der Waals surface area contributed by atoms with Crippen molar-refractivity contribution in [3.05, 3.63) is 40.2 Å². The van der Waals surface area contributed by atoms with Crippen molar-refractivity contribution in [3.8, 4) is 5.75 Å². The molecule has 0 aliphatic heterocycles. The van der Waals surface area contributed by atoms with E-state index in [0.717, 1.165) is 12.2 Å². The van der Waals surface area contributed by atoms with Gasteiger partial charge in [0.1, 0.15) is 11.4 Å². The third-order valence-corrected chi connectivity index (χ3v) is 4.36. The van der Waals surface area contributed by atoms with Gasteiger partial charge in [0.2, 0.25) is 0 Å². The summed E-state index contributed by atoms with van der Waals surface area (Å²) in [6.45, 7) is 4.26. The summed E-state index contributed by atoms with van der Waals surface area (Å²) < 4.78 is 5.05. The molecule has 4 N–H and O–H groups in total. The number of aromatic amines is 1. The fourth-order valence-electron chi connectivity index (χ4n) is 1.98. The fraction of sp³-hybridized carbons (Fsp3) is 0.353. The van der Waals surface area contributed by atoms with Crippen LogP contribution in [-0.2, 0) is 0 Å². The first-order chi connectivity index (χ1) is 11.9. The Hall–Kier alpha value is -2.48. The van der Waals surface area contributed by atoms with Gasteiger partial charge in [-0.05, 0) is 36.6 Å². The summed E-state index contributed by atoms with van der Waals surface area (Å²) in [5.41, 5.74) is 5.71. The number of thioether (sulfide) groups is 1. The van der Waals surface area contributed by atoms with E-state index in [1.54, 1.807) is 31.4 Å². The van der Waals surface area contributed by atoms with E-state index in [-0.39, 0.29) is 11.5 Å². The first kappa shape index (κ1) is 18.9. The third kappa shape index (κ3) is 5.25. The second kappa shape index (κ2) is 8.57. The van der Waals surface area contributed by atoms with Crippen LogP contribution < -0.4 is 21.3 Å². The van der Waals surface area contributed by atoms with Crippen LogP contribution >= 0.6 is 11.8 Å². The number of aromatic nitrogens is 2. The standard InChI is InChI=1S/C17H22N4O3S/c1-10(2)8-9-25-17-20-14(18)13(16(23)21-17)19-15(22)11-4-6-12(24-3)7-5-11/h4-7,10H,8-9H2,1-3H3,(H,19,22)(H3,18,20,21,23). The largest absolute Gasteiger partial charge is 0.497 e. The number of benzene rings is 1. The summed E-state index contributed by atoms with van der Waals surface area (Å²) in [5, 5.41) is 2.96. The molecule has 1 aromatic heterocycles. The van der Waals surface area contributed by atoms with E-state index in [2.05, 4.69) is 29.1 Å². The van der Waals surface area contributed by atoms with E-state index < -0.39 is 11.5 Å². The van der Waals surface area contributed by atoms with Crippen LogP contribution in [0.15, 0.2) is 34.2 Å². The maximum atomic E-state index is 12.3. The Bertz CT molecular complexity index is 787. The molecule has 1 amide bonds. The van der Waals surface area contributed by atoms with Crippen molar-refractivity contribution in [3.63, 3.8) is 0 Å². The number of nitrogens with zero attached hydrogens (tertiary/aromatic N) is 1. The summed E-state index contributed by atoms with van der Waals surface area (Å²) in [6.07, 6.45) is 1.00. The monoisotopic (exact) mass is 362 g/mol. The van der Waals surface area contributed by atoms with E-state index >= 15 is 0 Å². The lowest BCUT2D eigenvalue weighted by atomic mass is 10.2. The average molecular weight is 362 g/mol. The molecule has 0 saturated carbocycles. The van der Waals surface area contributed by atoms with Crippen LogP contribution in [0, 0.1) is 5.92 Å². The highest BCUT2D eigenvalue weighted by atomic mass is 32.2. The number of carbonyl (C=O) groups excluding carboxylic acids is 1. The Balaban J connectivity index is 2.10. The maximum absolute atomic E-state index is 12.3. The molecular formula is C17H22N4O3S. The predicted octanol–water partition coefficient (Wildman–Crippen LogP) is 2.75. The first-order valence-electron chi connectivity index (χ1n) is 7.88. The minimum Gasteiger partial charge on any atom is -0.497 e. The molecule has 25 heavy (non-hydrogen) atoms. The average Bonchev–Trinajstić information content (AvgIpc) is 2.57. The Morgan fingerprint density at radius 1 is 1.36 bits per heavy atom. The zero-order chi connectivity index (χ0) is 18.4. The van der Waals surface area contributed by atoms with Gasteiger partial charge in [0.15, 0.2) is 11.0 Å². The van der Waals surface area contributed by atoms with Crippen molar-refractivity contribution in [1.82, 2.24) is 9.97 Å². The molecule has 1 aromatic carbocycles. The Kier molecular flexibility index (Phi) is 6.46. The molecule has 0 saturated heterocycles. The summed E-state index contributed by atoms with van der Waals surface area (Å²) in [4.78, 5) is 31.3. The normalized spacial score (nSPS) is 10.7. The van der Waals surface area contributed by atoms with Gasteiger partial charge < -0.3 is 15.8 Å². The topological polar surface area (TPSA) is 110 Å². The second-order valence-corrected chi connectivity index (χ2v) is 6.93. The van der Waals surface area contributed by atoms with Crippen molar-refractivity contribution in [2.24, 2.45) is 5.92 Å². The number of anilines is 2. The Morgan fingerprint density at radius 3 is 2.60 bits per heavy atom. The summed E-state index contributed by atoms with van der Waals surface area (Å²) in [5.74, 6) is 1.59. The van der Waals surface area contributed by atoms with Crippen LogP contribution in [0.5, 0.6) is 5.75 Å². The van der Waals surface area contributed by atoms with Crippen LogP contribution in [0.3, 0.4) is 0 Å². The number of hydrogen-bond acceptors (Lipinski definition) is 6. The minimum atomic E-state index is -0.471. The summed E-state index contributed by atoms with van der Waals surface area (Å²) >= 11 is 1.43. The van der Waals surface area contributed by atoms with Crippen molar-refractivity contribution in [2.45, 2.75) is 25.4 Å². The van der Waals surface area contributed by atoms with Gasteiger partial charge in [-0.2, -0.15) is 0 Å². The minimum absolute atomic E-state index is 0.00217. The fourth-order valence-corrected chi connectivity index (χ4v) is 3.09. The molecule has 7 nitrogen and oxygen atoms in total. The van der Waals surface area contributed by atoms with Crippen LogP contribution in [0.1, 0.15) is 30.6 Å². The van der Waals surface area contributed by atoms with Gasteiger partial charge in [-0.15, -0.1) is 0 Å². The number of hydrogen-bond donors (Lipinski definition) is 3. The number of methoxy groups -OCH3 is 1. The number of carbonyl (C=O) groups is 1. The van der Waals surface area contributed by atoms with Gasteiger partial charge in [-0.3, -0.25) is 14.6 Å². The molecule has 2 aromatic rings. The van der Waals surface area contributed by atoms with E-state index in [1.165, 1.54) is 11.8 Å². The maximum Gasteiger partial charge on any atom is 0.277 e. The zero-order valence-electron chi connectivity index (χ0n) is 14.5. The molecule has 0 aliphatic carbocycles.